The summed E-state index contributed by atoms with van der Waals surface area (Å²) in [6.45, 7) is 1.96. The molecule has 1 atom stereocenters. The van der Waals surface area contributed by atoms with Gasteiger partial charge in [-0.05, 0) is 30.2 Å². The molecule has 0 unspecified atom stereocenters. The van der Waals surface area contributed by atoms with Crippen molar-refractivity contribution in [2.24, 2.45) is 0 Å². The summed E-state index contributed by atoms with van der Waals surface area (Å²) in [5.41, 5.74) is 2.12. The smallest absolute Gasteiger partial charge is 0.339 e. The Morgan fingerprint density at radius 1 is 0.871 bits per heavy atom. The first kappa shape index (κ1) is 22.1. The van der Waals surface area contributed by atoms with E-state index in [0.717, 1.165) is 18.4 Å². The van der Waals surface area contributed by atoms with Crippen LogP contribution in [-0.4, -0.2) is 18.5 Å². The van der Waals surface area contributed by atoms with E-state index in [-0.39, 0.29) is 25.2 Å². The highest BCUT2D eigenvalue weighted by Crippen LogP contribution is 2.18. The lowest BCUT2D eigenvalue weighted by Gasteiger charge is -2.18. The Kier molecular flexibility index (Phi) is 8.23. The fourth-order valence-corrected chi connectivity index (χ4v) is 3.26. The number of hydrogen-bond donors (Lipinski definition) is 1. The summed E-state index contributed by atoms with van der Waals surface area (Å²) in [5.74, 6) is -0.157. The second-order valence-corrected chi connectivity index (χ2v) is 7.15. The highest BCUT2D eigenvalue weighted by atomic mass is 16.5. The fourth-order valence-electron chi connectivity index (χ4n) is 3.26. The van der Waals surface area contributed by atoms with Crippen LogP contribution in [0.4, 0.5) is 0 Å². The average molecular weight is 418 g/mol. The standard InChI is InChI=1S/C26H27NO4/c1-2-11-24(20-12-5-3-6-13-20)27-25(28)19-31-26(29)23-17-10-9-14-21(23)18-30-22-15-7-4-8-16-22/h3-10,12-17,24H,2,11,18-19H2,1H3,(H,27,28)/t24-/m1/s1. The minimum Gasteiger partial charge on any atom is -0.489 e. The molecule has 160 valence electrons. The molecular formula is C26H27NO4. The van der Waals surface area contributed by atoms with Gasteiger partial charge in [-0.3, -0.25) is 4.79 Å². The maximum Gasteiger partial charge on any atom is 0.339 e. The van der Waals surface area contributed by atoms with Gasteiger partial charge < -0.3 is 14.8 Å². The average Bonchev–Trinajstić information content (AvgIpc) is 2.82. The molecule has 0 bridgehead atoms. The third kappa shape index (κ3) is 6.71. The van der Waals surface area contributed by atoms with Crippen molar-refractivity contribution in [3.05, 3.63) is 102 Å². The van der Waals surface area contributed by atoms with Gasteiger partial charge in [-0.1, -0.05) is 80.1 Å². The molecule has 3 rings (SSSR count). The van der Waals surface area contributed by atoms with Gasteiger partial charge in [0.15, 0.2) is 6.61 Å². The molecule has 0 aromatic heterocycles. The van der Waals surface area contributed by atoms with E-state index in [9.17, 15) is 9.59 Å². The lowest BCUT2D eigenvalue weighted by molar-refractivity contribution is -0.125. The molecular weight excluding hydrogens is 390 g/mol. The molecule has 0 aliphatic rings. The molecule has 0 radical (unpaired) electrons. The van der Waals surface area contributed by atoms with Gasteiger partial charge in [-0.25, -0.2) is 4.79 Å². The third-order valence-electron chi connectivity index (χ3n) is 4.82. The van der Waals surface area contributed by atoms with Crippen LogP contribution >= 0.6 is 0 Å². The Labute approximate surface area is 183 Å². The normalized spacial score (nSPS) is 11.4. The van der Waals surface area contributed by atoms with Crippen LogP contribution in [-0.2, 0) is 16.1 Å². The molecule has 5 nitrogen and oxygen atoms in total. The van der Waals surface area contributed by atoms with Crippen LogP contribution in [0.1, 0.15) is 47.3 Å². The van der Waals surface area contributed by atoms with Gasteiger partial charge in [0.25, 0.3) is 5.91 Å². The molecule has 0 fully saturated rings. The monoisotopic (exact) mass is 417 g/mol. The first-order chi connectivity index (χ1) is 15.2. The van der Waals surface area contributed by atoms with Gasteiger partial charge in [0.2, 0.25) is 0 Å². The van der Waals surface area contributed by atoms with Crippen molar-refractivity contribution in [2.45, 2.75) is 32.4 Å². The summed E-state index contributed by atoms with van der Waals surface area (Å²) in [6.07, 6.45) is 1.73. The number of carbonyl (C=O) groups excluding carboxylic acids is 2. The summed E-state index contributed by atoms with van der Waals surface area (Å²) >= 11 is 0. The van der Waals surface area contributed by atoms with E-state index in [1.165, 1.54) is 0 Å². The summed E-state index contributed by atoms with van der Waals surface area (Å²) in [5, 5.41) is 2.96. The lowest BCUT2D eigenvalue weighted by atomic mass is 10.0. The van der Waals surface area contributed by atoms with Crippen LogP contribution in [0, 0.1) is 0 Å². The van der Waals surface area contributed by atoms with Crippen molar-refractivity contribution >= 4 is 11.9 Å². The molecule has 0 heterocycles. The number of carbonyl (C=O) groups is 2. The second-order valence-electron chi connectivity index (χ2n) is 7.15. The van der Waals surface area contributed by atoms with E-state index < -0.39 is 5.97 Å². The summed E-state index contributed by atoms with van der Waals surface area (Å²) < 4.78 is 11.0. The minimum atomic E-state index is -0.547. The van der Waals surface area contributed by atoms with Crippen molar-refractivity contribution in [1.29, 1.82) is 0 Å². The fraction of sp³-hybridized carbons (Fsp3) is 0.231. The van der Waals surface area contributed by atoms with Gasteiger partial charge in [0.05, 0.1) is 11.6 Å². The molecule has 0 spiro atoms. The zero-order chi connectivity index (χ0) is 21.9. The molecule has 3 aromatic rings. The van der Waals surface area contributed by atoms with E-state index in [1.54, 1.807) is 12.1 Å². The van der Waals surface area contributed by atoms with Crippen LogP contribution in [0.3, 0.4) is 0 Å². The molecule has 31 heavy (non-hydrogen) atoms. The largest absolute Gasteiger partial charge is 0.489 e. The highest BCUT2D eigenvalue weighted by Gasteiger charge is 2.17. The SMILES string of the molecule is CCC[C@@H](NC(=O)COC(=O)c1ccccc1COc1ccccc1)c1ccccc1. The van der Waals surface area contributed by atoms with Crippen molar-refractivity contribution < 1.29 is 19.1 Å². The van der Waals surface area contributed by atoms with Gasteiger partial charge in [-0.15, -0.1) is 0 Å². The molecule has 1 amide bonds. The van der Waals surface area contributed by atoms with Crippen molar-refractivity contribution in [2.75, 3.05) is 6.61 Å². The minimum absolute atomic E-state index is 0.107. The number of esters is 1. The Bertz CT molecular complexity index is 973. The topological polar surface area (TPSA) is 64.6 Å². The number of rotatable bonds is 10. The molecule has 5 heteroatoms. The number of hydrogen-bond acceptors (Lipinski definition) is 4. The van der Waals surface area contributed by atoms with Crippen LogP contribution < -0.4 is 10.1 Å². The number of para-hydroxylation sites is 1. The first-order valence-corrected chi connectivity index (χ1v) is 10.4. The number of nitrogens with one attached hydrogen (secondary N) is 1. The van der Waals surface area contributed by atoms with Crippen LogP contribution in [0.15, 0.2) is 84.9 Å². The summed E-state index contributed by atoms with van der Waals surface area (Å²) in [6, 6.07) is 26.1. The number of ether oxygens (including phenoxy) is 2. The van der Waals surface area contributed by atoms with Crippen molar-refractivity contribution in [3.63, 3.8) is 0 Å². The van der Waals surface area contributed by atoms with Crippen LogP contribution in [0.2, 0.25) is 0 Å². The predicted molar refractivity (Wildman–Crippen MR) is 120 cm³/mol. The second kappa shape index (κ2) is 11.6. The molecule has 0 aliphatic carbocycles. The quantitative estimate of drug-likeness (QED) is 0.467. The Hall–Kier alpha value is -3.60. The third-order valence-corrected chi connectivity index (χ3v) is 4.82. The summed E-state index contributed by atoms with van der Waals surface area (Å²) in [7, 11) is 0. The number of benzene rings is 3. The maximum atomic E-state index is 12.6. The van der Waals surface area contributed by atoms with Crippen LogP contribution in [0.5, 0.6) is 5.75 Å². The highest BCUT2D eigenvalue weighted by molar-refractivity contribution is 5.92. The molecule has 0 saturated heterocycles. The zero-order valence-corrected chi connectivity index (χ0v) is 17.6. The molecule has 3 aromatic carbocycles. The van der Waals surface area contributed by atoms with E-state index in [2.05, 4.69) is 12.2 Å². The van der Waals surface area contributed by atoms with Gasteiger partial charge >= 0.3 is 5.97 Å². The Balaban J connectivity index is 1.57. The molecule has 0 aliphatic heterocycles. The van der Waals surface area contributed by atoms with E-state index >= 15 is 0 Å². The Morgan fingerprint density at radius 2 is 1.52 bits per heavy atom. The van der Waals surface area contributed by atoms with E-state index in [1.807, 2.05) is 72.8 Å². The predicted octanol–water partition coefficient (Wildman–Crippen LogP) is 5.08. The van der Waals surface area contributed by atoms with Gasteiger partial charge in [-0.2, -0.15) is 0 Å². The van der Waals surface area contributed by atoms with Crippen LogP contribution in [0.25, 0.3) is 0 Å². The first-order valence-electron chi connectivity index (χ1n) is 10.4. The van der Waals surface area contributed by atoms with E-state index in [4.69, 9.17) is 9.47 Å². The summed E-state index contributed by atoms with van der Waals surface area (Å²) in [4.78, 5) is 25.0. The van der Waals surface area contributed by atoms with Gasteiger partial charge in [0, 0.05) is 5.56 Å². The van der Waals surface area contributed by atoms with Crippen molar-refractivity contribution in [3.8, 4) is 5.75 Å². The zero-order valence-electron chi connectivity index (χ0n) is 17.6. The number of amides is 1. The van der Waals surface area contributed by atoms with E-state index in [0.29, 0.717) is 16.9 Å². The molecule has 0 saturated carbocycles. The van der Waals surface area contributed by atoms with Crippen molar-refractivity contribution in [1.82, 2.24) is 5.32 Å². The maximum absolute atomic E-state index is 12.6. The Morgan fingerprint density at radius 3 is 2.23 bits per heavy atom. The van der Waals surface area contributed by atoms with Gasteiger partial charge in [0.1, 0.15) is 12.4 Å². The molecule has 1 N–H and O–H groups in total. The lowest BCUT2D eigenvalue weighted by Crippen LogP contribution is -2.32.